The summed E-state index contributed by atoms with van der Waals surface area (Å²) in [5, 5.41) is 11.6. The number of rotatable bonds is 6. The molecule has 0 aromatic heterocycles. The Morgan fingerprint density at radius 3 is 2.29 bits per heavy atom. The fourth-order valence-electron chi connectivity index (χ4n) is 1.12. The van der Waals surface area contributed by atoms with Gasteiger partial charge in [0.15, 0.2) is 0 Å². The third-order valence-corrected chi connectivity index (χ3v) is 2.24. The highest BCUT2D eigenvalue weighted by molar-refractivity contribution is 5.79. The van der Waals surface area contributed by atoms with Crippen molar-refractivity contribution in [2.24, 2.45) is 10.9 Å². The topological polar surface area (TPSA) is 67.8 Å². The lowest BCUT2D eigenvalue weighted by atomic mass is 10.1. The van der Waals surface area contributed by atoms with E-state index in [0.717, 1.165) is 25.0 Å². The van der Waals surface area contributed by atoms with Gasteiger partial charge in [-0.3, -0.25) is 0 Å². The second-order valence-electron chi connectivity index (χ2n) is 4.05. The van der Waals surface area contributed by atoms with Crippen molar-refractivity contribution in [1.29, 1.82) is 0 Å². The Labute approximate surface area is 122 Å². The molecule has 120 valence electrons. The smallest absolute Gasteiger partial charge is 0.396 e. The van der Waals surface area contributed by atoms with Crippen molar-refractivity contribution in [1.82, 2.24) is 0 Å². The van der Waals surface area contributed by atoms with Crippen LogP contribution in [-0.4, -0.2) is 31.1 Å². The van der Waals surface area contributed by atoms with Gasteiger partial charge in [0.05, 0.1) is 11.8 Å². The molecule has 0 amide bonds. The summed E-state index contributed by atoms with van der Waals surface area (Å²) < 4.78 is 36.6. The molecule has 0 unspecified atom stereocenters. The average molecular weight is 306 g/mol. The summed E-state index contributed by atoms with van der Waals surface area (Å²) in [5.74, 6) is 0. The summed E-state index contributed by atoms with van der Waals surface area (Å²) in [6.45, 7) is 3.01. The van der Waals surface area contributed by atoms with Crippen LogP contribution in [0.25, 0.3) is 0 Å². The molecule has 21 heavy (non-hydrogen) atoms. The summed E-state index contributed by atoms with van der Waals surface area (Å²) in [5.41, 5.74) is 5.00. The lowest BCUT2D eigenvalue weighted by Crippen LogP contribution is -2.05. The van der Waals surface area contributed by atoms with Gasteiger partial charge in [-0.15, -0.1) is 0 Å². The number of nitrogens with two attached hydrogens (primary N) is 1. The Hall–Kier alpha value is -1.60. The van der Waals surface area contributed by atoms with E-state index in [9.17, 15) is 13.2 Å². The Morgan fingerprint density at radius 1 is 1.29 bits per heavy atom. The molecule has 1 aromatic rings. The van der Waals surface area contributed by atoms with Gasteiger partial charge in [0, 0.05) is 13.2 Å². The summed E-state index contributed by atoms with van der Waals surface area (Å²) in [7, 11) is 0. The Balaban J connectivity index is 0.000000690. The first-order valence-corrected chi connectivity index (χ1v) is 6.59. The number of alkyl halides is 3. The molecule has 7 heteroatoms. The molecular formula is C14H21F3N2O2. The van der Waals surface area contributed by atoms with Crippen LogP contribution in [-0.2, 0) is 11.0 Å². The van der Waals surface area contributed by atoms with Gasteiger partial charge >= 0.3 is 6.18 Å². The molecule has 0 aliphatic carbocycles. The quantitative estimate of drug-likeness (QED) is 0.482. The molecule has 0 saturated carbocycles. The van der Waals surface area contributed by atoms with E-state index in [1.165, 1.54) is 18.3 Å². The first-order chi connectivity index (χ1) is 9.95. The first-order valence-electron chi connectivity index (χ1n) is 6.59. The monoisotopic (exact) mass is 306 g/mol. The van der Waals surface area contributed by atoms with E-state index in [4.69, 9.17) is 15.7 Å². The van der Waals surface area contributed by atoms with Crippen molar-refractivity contribution in [3.8, 4) is 0 Å². The SMILES string of the molecule is CCCCO.NCCO/N=C/c1ccc(C(F)(F)F)cc1. The lowest BCUT2D eigenvalue weighted by Gasteiger charge is -2.05. The van der Waals surface area contributed by atoms with E-state index < -0.39 is 11.7 Å². The van der Waals surface area contributed by atoms with Gasteiger partial charge in [-0.1, -0.05) is 30.6 Å². The van der Waals surface area contributed by atoms with E-state index in [-0.39, 0.29) is 6.61 Å². The van der Waals surface area contributed by atoms with E-state index in [2.05, 4.69) is 12.1 Å². The summed E-state index contributed by atoms with van der Waals surface area (Å²) >= 11 is 0. The summed E-state index contributed by atoms with van der Waals surface area (Å²) in [6.07, 6.45) is -0.946. The van der Waals surface area contributed by atoms with Crippen LogP contribution in [0, 0.1) is 0 Å². The zero-order chi connectivity index (χ0) is 16.1. The van der Waals surface area contributed by atoms with Gasteiger partial charge in [0.2, 0.25) is 0 Å². The predicted molar refractivity (Wildman–Crippen MR) is 76.0 cm³/mol. The fraction of sp³-hybridized carbons (Fsp3) is 0.500. The molecule has 0 spiro atoms. The number of aliphatic hydroxyl groups is 1. The van der Waals surface area contributed by atoms with Gasteiger partial charge in [0.1, 0.15) is 6.61 Å². The van der Waals surface area contributed by atoms with E-state index in [1.54, 1.807) is 0 Å². The standard InChI is InChI=1S/C10H11F3N2O.C4H10O/c11-10(12,13)9-3-1-8(2-4-9)7-15-16-6-5-14;1-2-3-4-5/h1-4,7H,5-6,14H2;5H,2-4H2,1H3/b15-7+;. The number of unbranched alkanes of at least 4 members (excludes halogenated alkanes) is 1. The van der Waals surface area contributed by atoms with Crippen LogP contribution in [0.2, 0.25) is 0 Å². The first kappa shape index (κ1) is 19.4. The van der Waals surface area contributed by atoms with Gasteiger partial charge in [-0.25, -0.2) is 0 Å². The Morgan fingerprint density at radius 2 is 1.90 bits per heavy atom. The molecule has 1 aromatic carbocycles. The van der Waals surface area contributed by atoms with Crippen LogP contribution in [0.1, 0.15) is 30.9 Å². The predicted octanol–water partition coefficient (Wildman–Crippen LogP) is 2.79. The van der Waals surface area contributed by atoms with Crippen LogP contribution in [0.15, 0.2) is 29.4 Å². The zero-order valence-corrected chi connectivity index (χ0v) is 11.9. The minimum absolute atomic E-state index is 0.275. The molecule has 0 heterocycles. The number of halogens is 3. The highest BCUT2D eigenvalue weighted by atomic mass is 19.4. The van der Waals surface area contributed by atoms with Gasteiger partial charge in [0.25, 0.3) is 0 Å². The second-order valence-corrected chi connectivity index (χ2v) is 4.05. The highest BCUT2D eigenvalue weighted by Gasteiger charge is 2.29. The van der Waals surface area contributed by atoms with Crippen molar-refractivity contribution in [2.45, 2.75) is 25.9 Å². The molecule has 0 fully saturated rings. The van der Waals surface area contributed by atoms with E-state index >= 15 is 0 Å². The lowest BCUT2D eigenvalue weighted by molar-refractivity contribution is -0.137. The number of hydrogen-bond donors (Lipinski definition) is 2. The van der Waals surface area contributed by atoms with Gasteiger partial charge in [-0.05, 0) is 24.1 Å². The van der Waals surface area contributed by atoms with Crippen LogP contribution in [0.3, 0.4) is 0 Å². The fourth-order valence-corrected chi connectivity index (χ4v) is 1.12. The Kier molecular flexibility index (Phi) is 10.3. The van der Waals surface area contributed by atoms with Crippen LogP contribution in [0.4, 0.5) is 13.2 Å². The molecule has 0 aliphatic rings. The summed E-state index contributed by atoms with van der Waals surface area (Å²) in [4.78, 5) is 4.71. The molecule has 3 N–H and O–H groups in total. The molecule has 1 rings (SSSR count). The third kappa shape index (κ3) is 9.86. The second kappa shape index (κ2) is 11.1. The van der Waals surface area contributed by atoms with E-state index in [0.29, 0.717) is 18.7 Å². The highest BCUT2D eigenvalue weighted by Crippen LogP contribution is 2.28. The van der Waals surface area contributed by atoms with Crippen molar-refractivity contribution >= 4 is 6.21 Å². The minimum atomic E-state index is -4.31. The molecule has 0 aliphatic heterocycles. The number of aliphatic hydroxyl groups excluding tert-OH is 1. The molecule has 0 atom stereocenters. The van der Waals surface area contributed by atoms with Crippen LogP contribution < -0.4 is 5.73 Å². The zero-order valence-electron chi connectivity index (χ0n) is 11.9. The maximum Gasteiger partial charge on any atom is 0.416 e. The number of hydrogen-bond acceptors (Lipinski definition) is 4. The van der Waals surface area contributed by atoms with Gasteiger partial charge < -0.3 is 15.7 Å². The molecule has 4 nitrogen and oxygen atoms in total. The third-order valence-electron chi connectivity index (χ3n) is 2.24. The number of benzene rings is 1. The van der Waals surface area contributed by atoms with Gasteiger partial charge in [-0.2, -0.15) is 13.2 Å². The minimum Gasteiger partial charge on any atom is -0.396 e. The van der Waals surface area contributed by atoms with Crippen molar-refractivity contribution in [3.05, 3.63) is 35.4 Å². The van der Waals surface area contributed by atoms with Crippen molar-refractivity contribution < 1.29 is 23.1 Å². The average Bonchev–Trinajstić information content (AvgIpc) is 2.45. The summed E-state index contributed by atoms with van der Waals surface area (Å²) in [6, 6.07) is 4.62. The van der Waals surface area contributed by atoms with Crippen molar-refractivity contribution in [2.75, 3.05) is 19.8 Å². The molecule has 0 bridgehead atoms. The number of nitrogens with zero attached hydrogens (tertiary/aromatic N) is 1. The Bertz CT molecular complexity index is 390. The number of oxime groups is 1. The van der Waals surface area contributed by atoms with Crippen LogP contribution >= 0.6 is 0 Å². The molecule has 0 saturated heterocycles. The van der Waals surface area contributed by atoms with Crippen molar-refractivity contribution in [3.63, 3.8) is 0 Å². The molecule has 0 radical (unpaired) electrons. The largest absolute Gasteiger partial charge is 0.416 e. The van der Waals surface area contributed by atoms with E-state index in [1.807, 2.05) is 0 Å². The maximum atomic E-state index is 12.2. The maximum absolute atomic E-state index is 12.2. The normalized spacial score (nSPS) is 11.1. The van der Waals surface area contributed by atoms with Crippen LogP contribution in [0.5, 0.6) is 0 Å². The molecular weight excluding hydrogens is 285 g/mol.